The Labute approximate surface area is 172 Å². The topological polar surface area (TPSA) is 89.8 Å². The molecule has 0 saturated carbocycles. The fraction of sp³-hybridized carbons (Fsp3) is 0.182. The van der Waals surface area contributed by atoms with Gasteiger partial charge >= 0.3 is 5.91 Å². The van der Waals surface area contributed by atoms with Crippen LogP contribution in [-0.4, -0.2) is 24.5 Å². The highest BCUT2D eigenvalue weighted by molar-refractivity contribution is 5.94. The highest BCUT2D eigenvalue weighted by Gasteiger charge is 2.18. The first-order chi connectivity index (χ1) is 14.5. The predicted molar refractivity (Wildman–Crippen MR) is 107 cm³/mol. The van der Waals surface area contributed by atoms with Gasteiger partial charge in [0.25, 0.3) is 5.91 Å². The number of benzene rings is 2. The molecule has 0 aliphatic carbocycles. The molecule has 0 fully saturated rings. The SMILES string of the molecule is CCOc1ccc(O[C@@H](C)C(=O)NNC(=O)c2ccc(-c3ccccc3F)o2)cc1. The summed E-state index contributed by atoms with van der Waals surface area (Å²) in [5.41, 5.74) is 4.75. The molecule has 1 aromatic heterocycles. The lowest BCUT2D eigenvalue weighted by molar-refractivity contribution is -0.128. The van der Waals surface area contributed by atoms with Crippen molar-refractivity contribution < 1.29 is 27.9 Å². The average molecular weight is 412 g/mol. The van der Waals surface area contributed by atoms with Crippen LogP contribution in [0.2, 0.25) is 0 Å². The summed E-state index contributed by atoms with van der Waals surface area (Å²) in [6.07, 6.45) is -0.867. The van der Waals surface area contributed by atoms with Crippen LogP contribution < -0.4 is 20.3 Å². The van der Waals surface area contributed by atoms with Crippen LogP contribution in [-0.2, 0) is 4.79 Å². The molecule has 30 heavy (non-hydrogen) atoms. The Balaban J connectivity index is 1.53. The minimum Gasteiger partial charge on any atom is -0.494 e. The second-order valence-corrected chi connectivity index (χ2v) is 6.25. The summed E-state index contributed by atoms with van der Waals surface area (Å²) in [6, 6.07) is 15.7. The van der Waals surface area contributed by atoms with Crippen LogP contribution >= 0.6 is 0 Å². The van der Waals surface area contributed by atoms with Crippen molar-refractivity contribution in [2.24, 2.45) is 0 Å². The van der Waals surface area contributed by atoms with Crippen LogP contribution in [0.4, 0.5) is 4.39 Å². The van der Waals surface area contributed by atoms with Gasteiger partial charge in [-0.15, -0.1) is 0 Å². The van der Waals surface area contributed by atoms with Gasteiger partial charge in [0, 0.05) is 0 Å². The summed E-state index contributed by atoms with van der Waals surface area (Å²) in [5.74, 6) is -0.398. The monoisotopic (exact) mass is 412 g/mol. The molecule has 2 aromatic carbocycles. The molecule has 156 valence electrons. The van der Waals surface area contributed by atoms with Gasteiger partial charge in [0.05, 0.1) is 12.2 Å². The Kier molecular flexibility index (Phi) is 6.69. The fourth-order valence-electron chi connectivity index (χ4n) is 2.59. The summed E-state index contributed by atoms with van der Waals surface area (Å²) < 4.78 is 30.1. The van der Waals surface area contributed by atoms with Gasteiger partial charge in [0.15, 0.2) is 11.9 Å². The molecule has 0 saturated heterocycles. The Morgan fingerprint density at radius 3 is 2.40 bits per heavy atom. The zero-order valence-electron chi connectivity index (χ0n) is 16.5. The van der Waals surface area contributed by atoms with Crippen LogP contribution in [0, 0.1) is 5.82 Å². The molecule has 2 amide bonds. The van der Waals surface area contributed by atoms with Crippen LogP contribution in [0.1, 0.15) is 24.4 Å². The molecule has 3 rings (SSSR count). The predicted octanol–water partition coefficient (Wildman–Crippen LogP) is 3.71. The minimum absolute atomic E-state index is 0.0753. The van der Waals surface area contributed by atoms with Crippen molar-refractivity contribution in [2.75, 3.05) is 6.61 Å². The zero-order valence-corrected chi connectivity index (χ0v) is 16.5. The van der Waals surface area contributed by atoms with Gasteiger partial charge in [-0.3, -0.25) is 20.4 Å². The molecule has 0 aliphatic heterocycles. The maximum atomic E-state index is 13.8. The van der Waals surface area contributed by atoms with Gasteiger partial charge in [0.1, 0.15) is 23.1 Å². The molecule has 1 atom stereocenters. The first kappa shape index (κ1) is 20.9. The number of carbonyl (C=O) groups excluding carboxylic acids is 2. The number of rotatable bonds is 7. The van der Waals surface area contributed by atoms with E-state index in [-0.39, 0.29) is 17.1 Å². The zero-order chi connectivity index (χ0) is 21.5. The van der Waals surface area contributed by atoms with Crippen LogP contribution in [0.15, 0.2) is 65.1 Å². The van der Waals surface area contributed by atoms with Crippen LogP contribution in [0.3, 0.4) is 0 Å². The van der Waals surface area contributed by atoms with E-state index in [1.54, 1.807) is 43.3 Å². The van der Waals surface area contributed by atoms with E-state index in [0.717, 1.165) is 0 Å². The lowest BCUT2D eigenvalue weighted by Crippen LogP contribution is -2.47. The van der Waals surface area contributed by atoms with E-state index in [1.165, 1.54) is 24.3 Å². The third-order valence-corrected chi connectivity index (χ3v) is 4.09. The van der Waals surface area contributed by atoms with Gasteiger partial charge in [-0.05, 0) is 62.4 Å². The summed E-state index contributed by atoms with van der Waals surface area (Å²) in [5, 5.41) is 0. The quantitative estimate of drug-likeness (QED) is 0.578. The van der Waals surface area contributed by atoms with E-state index in [4.69, 9.17) is 13.9 Å². The number of hydrogen-bond donors (Lipinski definition) is 2. The van der Waals surface area contributed by atoms with Gasteiger partial charge in [-0.25, -0.2) is 4.39 Å². The first-order valence-corrected chi connectivity index (χ1v) is 9.32. The molecule has 0 aliphatic rings. The summed E-state index contributed by atoms with van der Waals surface area (Å²) in [7, 11) is 0. The van der Waals surface area contributed by atoms with Crippen molar-refractivity contribution in [2.45, 2.75) is 20.0 Å². The number of furan rings is 1. The van der Waals surface area contributed by atoms with Crippen LogP contribution in [0.5, 0.6) is 11.5 Å². The smallest absolute Gasteiger partial charge is 0.305 e. The molecule has 0 spiro atoms. The van der Waals surface area contributed by atoms with Gasteiger partial charge in [-0.2, -0.15) is 0 Å². The molecular formula is C22H21FN2O5. The highest BCUT2D eigenvalue weighted by Crippen LogP contribution is 2.24. The third-order valence-electron chi connectivity index (χ3n) is 4.09. The molecule has 1 heterocycles. The third kappa shape index (κ3) is 5.16. The van der Waals surface area contributed by atoms with Crippen molar-refractivity contribution in [3.63, 3.8) is 0 Å². The minimum atomic E-state index is -0.867. The maximum Gasteiger partial charge on any atom is 0.305 e. The second kappa shape index (κ2) is 9.60. The Hall–Kier alpha value is -3.81. The van der Waals surface area contributed by atoms with E-state index in [0.29, 0.717) is 18.1 Å². The molecule has 2 N–H and O–H groups in total. The molecule has 8 heteroatoms. The lowest BCUT2D eigenvalue weighted by atomic mass is 10.1. The van der Waals surface area contributed by atoms with Crippen molar-refractivity contribution in [1.29, 1.82) is 0 Å². The van der Waals surface area contributed by atoms with Crippen LogP contribution in [0.25, 0.3) is 11.3 Å². The number of halogens is 1. The molecule has 0 radical (unpaired) electrons. The Bertz CT molecular complexity index is 1020. The van der Waals surface area contributed by atoms with E-state index >= 15 is 0 Å². The van der Waals surface area contributed by atoms with E-state index in [9.17, 15) is 14.0 Å². The fourth-order valence-corrected chi connectivity index (χ4v) is 2.59. The van der Waals surface area contributed by atoms with Crippen molar-refractivity contribution in [1.82, 2.24) is 10.9 Å². The number of carbonyl (C=O) groups is 2. The Morgan fingerprint density at radius 2 is 1.70 bits per heavy atom. The summed E-state index contributed by atoms with van der Waals surface area (Å²) in [4.78, 5) is 24.4. The summed E-state index contributed by atoms with van der Waals surface area (Å²) in [6.45, 7) is 3.98. The van der Waals surface area contributed by atoms with E-state index in [1.807, 2.05) is 6.92 Å². The molecule has 3 aromatic rings. The van der Waals surface area contributed by atoms with Gasteiger partial charge < -0.3 is 13.9 Å². The number of hydrazine groups is 1. The standard InChI is InChI=1S/C22H21FN2O5/c1-3-28-15-8-10-16(11-9-15)29-14(2)21(26)24-25-22(27)20-13-12-19(30-20)17-6-4-5-7-18(17)23/h4-14H,3H2,1-2H3,(H,24,26)(H,25,27)/t14-/m0/s1. The average Bonchev–Trinajstić information content (AvgIpc) is 3.23. The van der Waals surface area contributed by atoms with Crippen molar-refractivity contribution >= 4 is 11.8 Å². The summed E-state index contributed by atoms with van der Waals surface area (Å²) >= 11 is 0. The number of amides is 2. The molecule has 0 bridgehead atoms. The second-order valence-electron chi connectivity index (χ2n) is 6.25. The highest BCUT2D eigenvalue weighted by atomic mass is 19.1. The largest absolute Gasteiger partial charge is 0.494 e. The van der Waals surface area contributed by atoms with E-state index < -0.39 is 23.7 Å². The number of ether oxygens (including phenoxy) is 2. The molecule has 7 nitrogen and oxygen atoms in total. The molecule has 0 unspecified atom stereocenters. The first-order valence-electron chi connectivity index (χ1n) is 9.32. The van der Waals surface area contributed by atoms with Gasteiger partial charge in [-0.1, -0.05) is 12.1 Å². The maximum absolute atomic E-state index is 13.8. The van der Waals surface area contributed by atoms with E-state index in [2.05, 4.69) is 10.9 Å². The normalized spacial score (nSPS) is 11.4. The number of hydrogen-bond acceptors (Lipinski definition) is 5. The molecular weight excluding hydrogens is 391 g/mol. The lowest BCUT2D eigenvalue weighted by Gasteiger charge is -2.15. The van der Waals surface area contributed by atoms with Crippen molar-refractivity contribution in [3.05, 3.63) is 72.2 Å². The van der Waals surface area contributed by atoms with Crippen molar-refractivity contribution in [3.8, 4) is 22.8 Å². The van der Waals surface area contributed by atoms with Gasteiger partial charge in [0.2, 0.25) is 0 Å². The Morgan fingerprint density at radius 1 is 1.00 bits per heavy atom. The number of nitrogens with one attached hydrogen (secondary N) is 2.